The van der Waals surface area contributed by atoms with Crippen molar-refractivity contribution in [3.63, 3.8) is 0 Å². The van der Waals surface area contributed by atoms with Crippen molar-refractivity contribution in [2.24, 2.45) is 5.16 Å². The van der Waals surface area contributed by atoms with E-state index in [2.05, 4.69) is 50.8 Å². The number of nitrogens with zero attached hydrogens (tertiary/aromatic N) is 1. The van der Waals surface area contributed by atoms with Gasteiger partial charge in [0.05, 0.1) is 5.56 Å². The van der Waals surface area contributed by atoms with E-state index in [9.17, 15) is 14.7 Å². The lowest BCUT2D eigenvalue weighted by atomic mass is 9.63. The van der Waals surface area contributed by atoms with E-state index in [4.69, 9.17) is 9.57 Å². The number of fused-ring (bicyclic) bond motifs is 1. The summed E-state index contributed by atoms with van der Waals surface area (Å²) in [5, 5.41) is 16.8. The predicted molar refractivity (Wildman–Crippen MR) is 141 cm³/mol. The molecule has 1 aliphatic rings. The van der Waals surface area contributed by atoms with Crippen LogP contribution in [0.25, 0.3) is 0 Å². The number of amides is 1. The Kier molecular flexibility index (Phi) is 8.35. The molecular weight excluding hydrogens is 456 g/mol. The maximum Gasteiger partial charge on any atom is 0.338 e. The highest BCUT2D eigenvalue weighted by atomic mass is 16.7. The lowest BCUT2D eigenvalue weighted by molar-refractivity contribution is -0.112. The second-order valence-electron chi connectivity index (χ2n) is 10.4. The molecule has 0 fully saturated rings. The van der Waals surface area contributed by atoms with E-state index in [0.29, 0.717) is 23.2 Å². The molecule has 0 spiro atoms. The summed E-state index contributed by atoms with van der Waals surface area (Å²) in [7, 11) is 0. The summed E-state index contributed by atoms with van der Waals surface area (Å²) in [6.45, 7) is 14.3. The molecule has 0 saturated heterocycles. The molecule has 2 aromatic rings. The van der Waals surface area contributed by atoms with Gasteiger partial charge in [-0.15, -0.1) is 0 Å². The van der Waals surface area contributed by atoms with Gasteiger partial charge < -0.3 is 20.0 Å². The number of rotatable bonds is 9. The molecule has 1 atom stereocenters. The predicted octanol–water partition coefficient (Wildman–Crippen LogP) is 5.47. The first-order valence-electron chi connectivity index (χ1n) is 12.2. The highest BCUT2D eigenvalue weighted by molar-refractivity contribution is 6.48. The van der Waals surface area contributed by atoms with Crippen molar-refractivity contribution in [1.29, 1.82) is 0 Å². The topological polar surface area (TPSA) is 97.2 Å². The number of ether oxygens (including phenoxy) is 1. The van der Waals surface area contributed by atoms with E-state index >= 15 is 0 Å². The highest BCUT2D eigenvalue weighted by Crippen LogP contribution is 2.46. The number of nitrogens with one attached hydrogen (secondary N) is 1. The van der Waals surface area contributed by atoms with Crippen LogP contribution in [0.3, 0.4) is 0 Å². The molecule has 0 heterocycles. The van der Waals surface area contributed by atoms with Crippen LogP contribution in [-0.4, -0.2) is 35.6 Å². The number of oxime groups is 1. The number of benzene rings is 2. The minimum atomic E-state index is -1.12. The van der Waals surface area contributed by atoms with Gasteiger partial charge in [-0.05, 0) is 65.1 Å². The maximum atomic E-state index is 13.3. The Hall–Kier alpha value is -3.45. The van der Waals surface area contributed by atoms with E-state index in [1.165, 1.54) is 17.2 Å². The minimum absolute atomic E-state index is 0.0341. The van der Waals surface area contributed by atoms with Crippen molar-refractivity contribution >= 4 is 23.3 Å². The van der Waals surface area contributed by atoms with E-state index in [1.54, 1.807) is 31.2 Å². The van der Waals surface area contributed by atoms with Gasteiger partial charge in [-0.2, -0.15) is 0 Å². The van der Waals surface area contributed by atoms with Crippen LogP contribution in [0.4, 0.5) is 5.69 Å². The van der Waals surface area contributed by atoms with Crippen LogP contribution < -0.4 is 5.32 Å². The summed E-state index contributed by atoms with van der Waals surface area (Å²) in [4.78, 5) is 30.5. The molecule has 7 nitrogen and oxygen atoms in total. The lowest BCUT2D eigenvalue weighted by Crippen LogP contribution is -2.34. The Morgan fingerprint density at radius 2 is 1.67 bits per heavy atom. The largest absolute Gasteiger partial charge is 0.458 e. The molecule has 1 aliphatic carbocycles. The van der Waals surface area contributed by atoms with Crippen molar-refractivity contribution in [2.75, 3.05) is 11.9 Å². The monoisotopic (exact) mass is 492 g/mol. The van der Waals surface area contributed by atoms with E-state index in [1.807, 2.05) is 12.1 Å². The molecule has 0 aliphatic heterocycles. The van der Waals surface area contributed by atoms with Crippen LogP contribution >= 0.6 is 0 Å². The summed E-state index contributed by atoms with van der Waals surface area (Å²) >= 11 is 0. The molecule has 0 bridgehead atoms. The third kappa shape index (κ3) is 6.21. The zero-order valence-electron chi connectivity index (χ0n) is 21.8. The first kappa shape index (κ1) is 27.1. The summed E-state index contributed by atoms with van der Waals surface area (Å²) in [5.74, 6) is -0.968. The number of anilines is 1. The average Bonchev–Trinajstić information content (AvgIpc) is 2.85. The van der Waals surface area contributed by atoms with Crippen molar-refractivity contribution in [3.05, 3.63) is 77.4 Å². The van der Waals surface area contributed by atoms with Gasteiger partial charge in [0.25, 0.3) is 5.91 Å². The molecule has 0 saturated carbocycles. The standard InChI is InChI=1S/C29H36N2O5/c1-7-17-35-27(34)19-9-12-21(13-10-19)30-26(33)25(31-36-24(32)8-2)20-11-14-22-23(18-20)29(5,6)16-15-28(22,3)4/h7,9-14,18,24,32H,1,8,15-17H2,2-6H3,(H,30,33)/b31-25-. The SMILES string of the molecule is C=CCOC(=O)c1ccc(NC(=O)/C(=N\OC(O)CC)c2ccc3c(c2)C(C)(C)CCC3(C)C)cc1. The third-order valence-electron chi connectivity index (χ3n) is 6.67. The van der Waals surface area contributed by atoms with Gasteiger partial charge in [0, 0.05) is 17.7 Å². The molecule has 2 aromatic carbocycles. The molecule has 36 heavy (non-hydrogen) atoms. The van der Waals surface area contributed by atoms with Gasteiger partial charge in [-0.1, -0.05) is 64.6 Å². The number of hydrogen-bond acceptors (Lipinski definition) is 6. The fourth-order valence-corrected chi connectivity index (χ4v) is 4.25. The van der Waals surface area contributed by atoms with Gasteiger partial charge in [0.1, 0.15) is 6.61 Å². The van der Waals surface area contributed by atoms with Crippen molar-refractivity contribution in [1.82, 2.24) is 0 Å². The van der Waals surface area contributed by atoms with E-state index in [0.717, 1.165) is 12.8 Å². The number of carbonyl (C=O) groups excluding carboxylic acids is 2. The Morgan fingerprint density at radius 3 is 2.28 bits per heavy atom. The molecule has 7 heteroatoms. The number of carbonyl (C=O) groups is 2. The Morgan fingerprint density at radius 1 is 1.06 bits per heavy atom. The normalized spacial score (nSPS) is 16.9. The van der Waals surface area contributed by atoms with Crippen LogP contribution in [0, 0.1) is 0 Å². The average molecular weight is 493 g/mol. The minimum Gasteiger partial charge on any atom is -0.458 e. The summed E-state index contributed by atoms with van der Waals surface area (Å²) < 4.78 is 5.03. The Bertz CT molecular complexity index is 1150. The van der Waals surface area contributed by atoms with Crippen LogP contribution in [0.15, 0.2) is 60.3 Å². The molecule has 3 rings (SSSR count). The number of aliphatic hydroxyl groups excluding tert-OH is 1. The second-order valence-corrected chi connectivity index (χ2v) is 10.4. The molecule has 192 valence electrons. The van der Waals surface area contributed by atoms with Crippen LogP contribution in [0.1, 0.15) is 80.9 Å². The lowest BCUT2D eigenvalue weighted by Gasteiger charge is -2.42. The summed E-state index contributed by atoms with van der Waals surface area (Å²) in [5.41, 5.74) is 3.91. The molecule has 1 unspecified atom stereocenters. The number of esters is 1. The zero-order chi connectivity index (χ0) is 26.5. The Balaban J connectivity index is 1.92. The fraction of sp³-hybridized carbons (Fsp3) is 0.414. The molecule has 2 N–H and O–H groups in total. The van der Waals surface area contributed by atoms with Gasteiger partial charge >= 0.3 is 5.97 Å². The summed E-state index contributed by atoms with van der Waals surface area (Å²) in [6, 6.07) is 12.3. The highest BCUT2D eigenvalue weighted by Gasteiger charge is 2.37. The number of hydrogen-bond donors (Lipinski definition) is 2. The number of aliphatic hydroxyl groups is 1. The molecular formula is C29H36N2O5. The first-order valence-corrected chi connectivity index (χ1v) is 12.2. The van der Waals surface area contributed by atoms with E-state index < -0.39 is 18.2 Å². The summed E-state index contributed by atoms with van der Waals surface area (Å²) in [6.07, 6.45) is 2.81. The third-order valence-corrected chi connectivity index (χ3v) is 6.67. The molecule has 0 aromatic heterocycles. The Labute approximate surface area is 213 Å². The smallest absolute Gasteiger partial charge is 0.338 e. The van der Waals surface area contributed by atoms with Crippen molar-refractivity contribution < 1.29 is 24.3 Å². The van der Waals surface area contributed by atoms with E-state index in [-0.39, 0.29) is 23.1 Å². The first-order chi connectivity index (χ1) is 17.0. The quantitative estimate of drug-likeness (QED) is 0.159. The van der Waals surface area contributed by atoms with Crippen LogP contribution in [0.5, 0.6) is 0 Å². The zero-order valence-corrected chi connectivity index (χ0v) is 21.8. The second kappa shape index (κ2) is 11.1. The van der Waals surface area contributed by atoms with Gasteiger partial charge in [0.15, 0.2) is 5.71 Å². The van der Waals surface area contributed by atoms with Gasteiger partial charge in [0.2, 0.25) is 6.29 Å². The van der Waals surface area contributed by atoms with Gasteiger partial charge in [-0.3, -0.25) is 4.79 Å². The maximum absolute atomic E-state index is 13.3. The fourth-order valence-electron chi connectivity index (χ4n) is 4.25. The van der Waals surface area contributed by atoms with Gasteiger partial charge in [-0.25, -0.2) is 4.79 Å². The van der Waals surface area contributed by atoms with Crippen molar-refractivity contribution in [2.45, 2.75) is 71.0 Å². The van der Waals surface area contributed by atoms with Crippen molar-refractivity contribution in [3.8, 4) is 0 Å². The molecule has 0 radical (unpaired) electrons. The van der Waals surface area contributed by atoms with Crippen LogP contribution in [0.2, 0.25) is 0 Å². The van der Waals surface area contributed by atoms with Crippen LogP contribution in [-0.2, 0) is 25.2 Å². The molecule has 1 amide bonds.